The Labute approximate surface area is 236 Å². The second-order valence-corrected chi connectivity index (χ2v) is 12.0. The number of hydrogen-bond acceptors (Lipinski definition) is 11. The molecule has 13 heteroatoms. The van der Waals surface area contributed by atoms with Crippen LogP contribution in [0.2, 0.25) is 0 Å². The third-order valence-corrected chi connectivity index (χ3v) is 9.95. The Bertz CT molecular complexity index is 1100. The first kappa shape index (κ1) is 30.0. The second kappa shape index (κ2) is 9.87. The monoisotopic (exact) mass is 592 g/mol. The molecule has 218 valence electrons. The van der Waals surface area contributed by atoms with Gasteiger partial charge in [-0.05, 0) is 19.8 Å². The molecule has 39 heavy (non-hydrogen) atoms. The zero-order chi connectivity index (χ0) is 29.3. The smallest absolute Gasteiger partial charge is 0.312 e. The van der Waals surface area contributed by atoms with Gasteiger partial charge in [-0.1, -0.05) is 13.5 Å². The largest absolute Gasteiger partial charge is 0.462 e. The van der Waals surface area contributed by atoms with Crippen molar-refractivity contribution in [2.75, 3.05) is 5.88 Å². The van der Waals surface area contributed by atoms with Gasteiger partial charge in [0.25, 0.3) is 0 Å². The van der Waals surface area contributed by atoms with E-state index in [0.29, 0.717) is 0 Å². The molecule has 3 heterocycles. The Balaban J connectivity index is 2.11. The highest BCUT2D eigenvalue weighted by Crippen LogP contribution is 2.63. The summed E-state index contributed by atoms with van der Waals surface area (Å²) in [4.78, 5) is 50.4. The van der Waals surface area contributed by atoms with Crippen LogP contribution in [0, 0.1) is 17.3 Å². The number of fused-ring (bicyclic) bond motifs is 2. The minimum Gasteiger partial charge on any atom is -0.462 e. The van der Waals surface area contributed by atoms with Gasteiger partial charge in [-0.25, -0.2) is 0 Å². The first-order valence-electron chi connectivity index (χ1n) is 12.7. The van der Waals surface area contributed by atoms with Gasteiger partial charge in [0, 0.05) is 38.7 Å². The standard InChI is InChI=1S/C26H34Cl2O11/c1-11-18(28)20-26(12(2)22(32)38-20)21(37-15(5)31)19-23(6,17(36-14(4)30)9-25(11,34)39-26)16(35-13(3)29)7-8-24(19,33)10-27/h12,16-21,33-34H,1,7-10H2,2-6H3/t12?,16-,17-,18-,19+,20-,21-,23+,24-,25-,26-/m1/s1. The summed E-state index contributed by atoms with van der Waals surface area (Å²) in [6.07, 6.45) is -5.51. The summed E-state index contributed by atoms with van der Waals surface area (Å²) in [5, 5.41) is 22.9. The number of aliphatic hydroxyl groups is 2. The number of alkyl halides is 2. The molecule has 4 rings (SSSR count). The van der Waals surface area contributed by atoms with Crippen LogP contribution in [0.5, 0.6) is 0 Å². The van der Waals surface area contributed by atoms with Gasteiger partial charge >= 0.3 is 23.9 Å². The molecule has 4 fully saturated rings. The van der Waals surface area contributed by atoms with Gasteiger partial charge in [0.15, 0.2) is 17.5 Å². The van der Waals surface area contributed by atoms with Crippen LogP contribution in [0.15, 0.2) is 12.2 Å². The van der Waals surface area contributed by atoms with Gasteiger partial charge in [-0.2, -0.15) is 0 Å². The van der Waals surface area contributed by atoms with Gasteiger partial charge in [-0.15, -0.1) is 23.2 Å². The lowest BCUT2D eigenvalue weighted by molar-refractivity contribution is -0.361. The van der Waals surface area contributed by atoms with Crippen LogP contribution in [0.1, 0.15) is 53.9 Å². The van der Waals surface area contributed by atoms with E-state index >= 15 is 0 Å². The van der Waals surface area contributed by atoms with Crippen molar-refractivity contribution in [3.63, 3.8) is 0 Å². The Morgan fingerprint density at radius 3 is 2.18 bits per heavy atom. The molecule has 2 N–H and O–H groups in total. The lowest BCUT2D eigenvalue weighted by Crippen LogP contribution is -2.78. The van der Waals surface area contributed by atoms with E-state index in [1.807, 2.05) is 0 Å². The fourth-order valence-corrected chi connectivity index (χ4v) is 7.92. The molecule has 11 nitrogen and oxygen atoms in total. The van der Waals surface area contributed by atoms with Crippen molar-refractivity contribution in [1.82, 2.24) is 0 Å². The fraction of sp³-hybridized carbons (Fsp3) is 0.769. The van der Waals surface area contributed by atoms with Crippen molar-refractivity contribution < 1.29 is 53.1 Å². The minimum absolute atomic E-state index is 0.00945. The minimum atomic E-state index is -2.31. The lowest BCUT2D eigenvalue weighted by Gasteiger charge is -2.64. The summed E-state index contributed by atoms with van der Waals surface area (Å²) in [5.74, 6) is -8.03. The number of rotatable bonds is 4. The topological polar surface area (TPSA) is 155 Å². The molecule has 0 aromatic carbocycles. The fourth-order valence-electron chi connectivity index (χ4n) is 7.20. The van der Waals surface area contributed by atoms with Crippen LogP contribution in [0.3, 0.4) is 0 Å². The molecule has 1 spiro atoms. The predicted octanol–water partition coefficient (Wildman–Crippen LogP) is 1.75. The number of esters is 4. The number of halogens is 2. The number of hydrogen-bond donors (Lipinski definition) is 2. The van der Waals surface area contributed by atoms with Crippen LogP contribution < -0.4 is 0 Å². The van der Waals surface area contributed by atoms with Crippen molar-refractivity contribution in [3.8, 4) is 0 Å². The SMILES string of the molecule is C=C1[C@@H](Cl)[C@H]2OC(=O)C(C)[C@@]23O[C@]1(O)C[C@@H](OC(C)=O)[C@@]1(C)[C@H]([C@H]3OC(C)=O)[C@](O)(CCl)CC[C@H]1OC(C)=O. The highest BCUT2D eigenvalue weighted by atomic mass is 35.5. The van der Waals surface area contributed by atoms with E-state index in [1.165, 1.54) is 13.8 Å². The molecule has 3 aliphatic heterocycles. The quantitative estimate of drug-likeness (QED) is 0.212. The van der Waals surface area contributed by atoms with E-state index < -0.39 is 94.3 Å². The molecule has 0 aromatic rings. The first-order chi connectivity index (χ1) is 18.0. The molecular weight excluding hydrogens is 559 g/mol. The van der Waals surface area contributed by atoms with Crippen LogP contribution in [0.25, 0.3) is 0 Å². The zero-order valence-corrected chi connectivity index (χ0v) is 23.9. The van der Waals surface area contributed by atoms with Crippen LogP contribution in [-0.4, -0.2) is 86.8 Å². The van der Waals surface area contributed by atoms with Gasteiger partial charge in [0.05, 0.1) is 28.2 Å². The lowest BCUT2D eigenvalue weighted by atomic mass is 9.50. The molecule has 1 saturated carbocycles. The van der Waals surface area contributed by atoms with E-state index in [2.05, 4.69) is 6.58 Å². The molecular formula is C26H34Cl2O11. The van der Waals surface area contributed by atoms with Gasteiger partial charge < -0.3 is 33.9 Å². The van der Waals surface area contributed by atoms with E-state index in [4.69, 9.17) is 46.9 Å². The van der Waals surface area contributed by atoms with Crippen LogP contribution >= 0.6 is 23.2 Å². The Morgan fingerprint density at radius 2 is 1.64 bits per heavy atom. The van der Waals surface area contributed by atoms with E-state index in [9.17, 15) is 29.4 Å². The molecule has 1 unspecified atom stereocenters. The predicted molar refractivity (Wildman–Crippen MR) is 134 cm³/mol. The molecule has 0 radical (unpaired) electrons. The Hall–Kier alpha value is -1.92. The summed E-state index contributed by atoms with van der Waals surface area (Å²) in [6, 6.07) is 0. The van der Waals surface area contributed by atoms with Crippen LogP contribution in [-0.2, 0) is 42.9 Å². The number of carbonyl (C=O) groups is 4. The van der Waals surface area contributed by atoms with Crippen molar-refractivity contribution in [1.29, 1.82) is 0 Å². The maximum absolute atomic E-state index is 13.1. The number of carbonyl (C=O) groups excluding carboxylic acids is 4. The van der Waals surface area contributed by atoms with E-state index in [1.54, 1.807) is 6.92 Å². The molecule has 2 bridgehead atoms. The summed E-state index contributed by atoms with van der Waals surface area (Å²) < 4.78 is 29.4. The highest BCUT2D eigenvalue weighted by Gasteiger charge is 2.78. The Morgan fingerprint density at radius 1 is 1.08 bits per heavy atom. The second-order valence-electron chi connectivity index (χ2n) is 11.3. The average Bonchev–Trinajstić information content (AvgIpc) is 3.08. The molecule has 11 atom stereocenters. The molecule has 0 aromatic heterocycles. The summed E-state index contributed by atoms with van der Waals surface area (Å²) in [6.45, 7) is 10.5. The third kappa shape index (κ3) is 4.36. The van der Waals surface area contributed by atoms with E-state index in [0.717, 1.165) is 13.8 Å². The third-order valence-electron chi connectivity index (χ3n) is 8.99. The highest BCUT2D eigenvalue weighted by molar-refractivity contribution is 6.23. The summed E-state index contributed by atoms with van der Waals surface area (Å²) in [5.41, 5.74) is -5.36. The summed E-state index contributed by atoms with van der Waals surface area (Å²) >= 11 is 13.1. The average molecular weight is 593 g/mol. The van der Waals surface area contributed by atoms with Gasteiger partial charge in [-0.3, -0.25) is 19.2 Å². The molecule has 3 saturated heterocycles. The Kier molecular flexibility index (Phi) is 7.60. The van der Waals surface area contributed by atoms with E-state index in [-0.39, 0.29) is 24.3 Å². The molecule has 4 aliphatic rings. The molecule has 0 amide bonds. The maximum Gasteiger partial charge on any atom is 0.312 e. The van der Waals surface area contributed by atoms with Crippen molar-refractivity contribution in [2.45, 2.75) is 101 Å². The first-order valence-corrected chi connectivity index (χ1v) is 13.7. The van der Waals surface area contributed by atoms with Crippen molar-refractivity contribution in [2.24, 2.45) is 17.3 Å². The van der Waals surface area contributed by atoms with Gasteiger partial charge in [0.2, 0.25) is 0 Å². The maximum atomic E-state index is 13.1. The van der Waals surface area contributed by atoms with Crippen molar-refractivity contribution in [3.05, 3.63) is 12.2 Å². The zero-order valence-electron chi connectivity index (χ0n) is 22.4. The van der Waals surface area contributed by atoms with Crippen LogP contribution in [0.4, 0.5) is 0 Å². The normalized spacial score (nSPS) is 47.1. The summed E-state index contributed by atoms with van der Waals surface area (Å²) in [7, 11) is 0. The number of ether oxygens (including phenoxy) is 5. The van der Waals surface area contributed by atoms with Crippen molar-refractivity contribution >= 4 is 47.1 Å². The van der Waals surface area contributed by atoms with Gasteiger partial charge in [0.1, 0.15) is 18.3 Å². The molecule has 1 aliphatic carbocycles.